The molecule has 1 aromatic heterocycles. The second-order valence-electron chi connectivity index (χ2n) is 3.74. The minimum atomic E-state index is -1.08. The van der Waals surface area contributed by atoms with Crippen molar-refractivity contribution in [1.82, 2.24) is 0 Å². The molecule has 0 spiro atoms. The van der Waals surface area contributed by atoms with Crippen LogP contribution in [0.15, 0.2) is 41.8 Å². The number of thiophene rings is 1. The Hall–Kier alpha value is -1.85. The normalized spacial score (nSPS) is 10.2. The number of nitrogens with zero attached hydrogens (tertiary/aromatic N) is 1. The summed E-state index contributed by atoms with van der Waals surface area (Å²) in [4.78, 5) is 24.9. The topological polar surface area (TPSA) is 57.6 Å². The van der Waals surface area contributed by atoms with E-state index >= 15 is 0 Å². The van der Waals surface area contributed by atoms with Crippen LogP contribution in [0.1, 0.15) is 9.67 Å². The first-order chi connectivity index (χ1) is 9.08. The van der Waals surface area contributed by atoms with Crippen molar-refractivity contribution in [3.8, 4) is 0 Å². The summed E-state index contributed by atoms with van der Waals surface area (Å²) in [5.74, 6) is -1.43. The Labute approximate surface area is 118 Å². The Morgan fingerprint density at radius 1 is 1.26 bits per heavy atom. The molecule has 1 N–H and O–H groups in total. The van der Waals surface area contributed by atoms with Crippen LogP contribution in [0.3, 0.4) is 0 Å². The van der Waals surface area contributed by atoms with Gasteiger partial charge in [-0.15, -0.1) is 11.3 Å². The van der Waals surface area contributed by atoms with Gasteiger partial charge < -0.3 is 5.11 Å². The highest BCUT2D eigenvalue weighted by Gasteiger charge is 2.21. The van der Waals surface area contributed by atoms with Crippen LogP contribution in [0.4, 0.5) is 5.69 Å². The molecule has 0 saturated heterocycles. The molecule has 4 nitrogen and oxygen atoms in total. The van der Waals surface area contributed by atoms with E-state index < -0.39 is 12.5 Å². The molecular formula is C13H10ClNO3S. The summed E-state index contributed by atoms with van der Waals surface area (Å²) in [6.45, 7) is -0.406. The Balaban J connectivity index is 2.36. The van der Waals surface area contributed by atoms with Gasteiger partial charge in [0.15, 0.2) is 0 Å². The second kappa shape index (κ2) is 5.86. The fourth-order valence-corrected chi connectivity index (χ4v) is 2.45. The van der Waals surface area contributed by atoms with Crippen LogP contribution in [0, 0.1) is 0 Å². The lowest BCUT2D eigenvalue weighted by molar-refractivity contribution is -0.135. The van der Waals surface area contributed by atoms with Crippen molar-refractivity contribution >= 4 is 40.5 Å². The van der Waals surface area contributed by atoms with Gasteiger partial charge in [0.05, 0.1) is 4.88 Å². The van der Waals surface area contributed by atoms with Crippen molar-refractivity contribution < 1.29 is 14.7 Å². The highest BCUT2D eigenvalue weighted by Crippen LogP contribution is 2.22. The van der Waals surface area contributed by atoms with Crippen molar-refractivity contribution in [1.29, 1.82) is 0 Å². The van der Waals surface area contributed by atoms with Gasteiger partial charge in [-0.2, -0.15) is 0 Å². The van der Waals surface area contributed by atoms with Crippen LogP contribution >= 0.6 is 22.9 Å². The molecule has 0 aliphatic carbocycles. The zero-order chi connectivity index (χ0) is 13.8. The molecule has 2 aromatic rings. The number of aliphatic carboxylic acids is 1. The van der Waals surface area contributed by atoms with Crippen molar-refractivity contribution in [2.45, 2.75) is 0 Å². The minimum Gasteiger partial charge on any atom is -0.480 e. The Bertz CT molecular complexity index is 598. The van der Waals surface area contributed by atoms with Gasteiger partial charge in [-0.3, -0.25) is 14.5 Å². The van der Waals surface area contributed by atoms with Crippen LogP contribution in [-0.2, 0) is 4.79 Å². The molecule has 0 radical (unpaired) electrons. The molecule has 19 heavy (non-hydrogen) atoms. The number of halogens is 1. The molecule has 98 valence electrons. The maximum atomic E-state index is 12.3. The Morgan fingerprint density at radius 3 is 2.63 bits per heavy atom. The third-order valence-electron chi connectivity index (χ3n) is 2.39. The molecule has 1 heterocycles. The number of carboxylic acid groups (broad SMARTS) is 1. The SMILES string of the molecule is O=C(O)CN(C(=O)c1cccs1)c1cccc(Cl)c1. The van der Waals surface area contributed by atoms with E-state index in [0.717, 1.165) is 0 Å². The van der Waals surface area contributed by atoms with Gasteiger partial charge in [0.25, 0.3) is 5.91 Å². The third-order valence-corrected chi connectivity index (χ3v) is 3.48. The predicted octanol–water partition coefficient (Wildman–Crippen LogP) is 3.13. The first-order valence-electron chi connectivity index (χ1n) is 5.40. The first-order valence-corrected chi connectivity index (χ1v) is 6.66. The molecule has 1 amide bonds. The average Bonchev–Trinajstić information content (AvgIpc) is 2.88. The largest absolute Gasteiger partial charge is 0.480 e. The van der Waals surface area contributed by atoms with Crippen molar-refractivity contribution in [3.05, 3.63) is 51.7 Å². The fraction of sp³-hybridized carbons (Fsp3) is 0.0769. The van der Waals surface area contributed by atoms with Crippen LogP contribution < -0.4 is 4.90 Å². The van der Waals surface area contributed by atoms with Gasteiger partial charge in [-0.1, -0.05) is 23.7 Å². The molecule has 0 saturated carbocycles. The van der Waals surface area contributed by atoms with Crippen LogP contribution in [0.2, 0.25) is 5.02 Å². The smallest absolute Gasteiger partial charge is 0.323 e. The third kappa shape index (κ3) is 3.33. The number of anilines is 1. The van der Waals surface area contributed by atoms with Crippen LogP contribution in [0.25, 0.3) is 0 Å². The maximum Gasteiger partial charge on any atom is 0.323 e. The number of carbonyl (C=O) groups excluding carboxylic acids is 1. The van der Waals surface area contributed by atoms with E-state index in [9.17, 15) is 9.59 Å². The summed E-state index contributed by atoms with van der Waals surface area (Å²) in [6, 6.07) is 9.96. The van der Waals surface area contributed by atoms with E-state index in [1.54, 1.807) is 41.8 Å². The first kappa shape index (κ1) is 13.6. The molecule has 0 aliphatic rings. The van der Waals surface area contributed by atoms with Gasteiger partial charge in [0, 0.05) is 10.7 Å². The number of carboxylic acids is 1. The zero-order valence-electron chi connectivity index (χ0n) is 9.75. The van der Waals surface area contributed by atoms with Crippen molar-refractivity contribution in [2.75, 3.05) is 11.4 Å². The lowest BCUT2D eigenvalue weighted by atomic mass is 10.2. The molecule has 0 aliphatic heterocycles. The van der Waals surface area contributed by atoms with Gasteiger partial charge in [0.2, 0.25) is 0 Å². The molecule has 0 atom stereocenters. The molecule has 6 heteroatoms. The summed E-state index contributed by atoms with van der Waals surface area (Å²) in [6.07, 6.45) is 0. The number of benzene rings is 1. The summed E-state index contributed by atoms with van der Waals surface area (Å²) in [5, 5.41) is 11.2. The number of hydrogen-bond donors (Lipinski definition) is 1. The Kier molecular flexibility index (Phi) is 4.19. The lowest BCUT2D eigenvalue weighted by Gasteiger charge is -2.20. The summed E-state index contributed by atoms with van der Waals surface area (Å²) in [7, 11) is 0. The molecule has 0 bridgehead atoms. The highest BCUT2D eigenvalue weighted by molar-refractivity contribution is 7.12. The number of hydrogen-bond acceptors (Lipinski definition) is 3. The van der Waals surface area contributed by atoms with E-state index in [4.69, 9.17) is 16.7 Å². The summed E-state index contributed by atoms with van der Waals surface area (Å²) in [5.41, 5.74) is 0.466. The summed E-state index contributed by atoms with van der Waals surface area (Å²) >= 11 is 7.14. The highest BCUT2D eigenvalue weighted by atomic mass is 35.5. The van der Waals surface area contributed by atoms with Crippen molar-refractivity contribution in [3.63, 3.8) is 0 Å². The zero-order valence-corrected chi connectivity index (χ0v) is 11.3. The summed E-state index contributed by atoms with van der Waals surface area (Å²) < 4.78 is 0. The molecule has 1 aromatic carbocycles. The van der Waals surface area contributed by atoms with E-state index in [0.29, 0.717) is 15.6 Å². The average molecular weight is 296 g/mol. The fourth-order valence-electron chi connectivity index (χ4n) is 1.59. The lowest BCUT2D eigenvalue weighted by Crippen LogP contribution is -2.35. The van der Waals surface area contributed by atoms with E-state index in [1.807, 2.05) is 0 Å². The Morgan fingerprint density at radius 2 is 2.05 bits per heavy atom. The molecule has 2 rings (SSSR count). The second-order valence-corrected chi connectivity index (χ2v) is 5.13. The quantitative estimate of drug-likeness (QED) is 0.943. The predicted molar refractivity (Wildman–Crippen MR) is 75.1 cm³/mol. The van der Waals surface area contributed by atoms with Gasteiger partial charge in [-0.25, -0.2) is 0 Å². The molecule has 0 unspecified atom stereocenters. The maximum absolute atomic E-state index is 12.3. The van der Waals surface area contributed by atoms with Crippen LogP contribution in [-0.4, -0.2) is 23.5 Å². The van der Waals surface area contributed by atoms with Gasteiger partial charge >= 0.3 is 5.97 Å². The standard InChI is InChI=1S/C13H10ClNO3S/c14-9-3-1-4-10(7-9)15(8-12(16)17)13(18)11-5-2-6-19-11/h1-7H,8H2,(H,16,17). The van der Waals surface area contributed by atoms with Crippen LogP contribution in [0.5, 0.6) is 0 Å². The van der Waals surface area contributed by atoms with E-state index in [1.165, 1.54) is 16.2 Å². The number of carbonyl (C=O) groups is 2. The van der Waals surface area contributed by atoms with E-state index in [2.05, 4.69) is 0 Å². The minimum absolute atomic E-state index is 0.348. The number of amides is 1. The van der Waals surface area contributed by atoms with Gasteiger partial charge in [0.1, 0.15) is 6.54 Å². The van der Waals surface area contributed by atoms with E-state index in [-0.39, 0.29) is 5.91 Å². The van der Waals surface area contributed by atoms with Crippen molar-refractivity contribution in [2.24, 2.45) is 0 Å². The molecule has 0 fully saturated rings. The number of rotatable bonds is 4. The molecular weight excluding hydrogens is 286 g/mol. The van der Waals surface area contributed by atoms with Gasteiger partial charge in [-0.05, 0) is 29.6 Å². The monoisotopic (exact) mass is 295 g/mol.